The van der Waals surface area contributed by atoms with E-state index in [1.54, 1.807) is 23.3 Å². The molecule has 1 aliphatic rings. The third-order valence-corrected chi connectivity index (χ3v) is 5.80. The lowest BCUT2D eigenvalue weighted by atomic mass is 9.93. The molecule has 0 amide bonds. The molecule has 0 spiro atoms. The highest BCUT2D eigenvalue weighted by Crippen LogP contribution is 2.35. The molecule has 4 heterocycles. The van der Waals surface area contributed by atoms with Crippen LogP contribution in [0.5, 0.6) is 5.75 Å². The third kappa shape index (κ3) is 3.86. The van der Waals surface area contributed by atoms with Gasteiger partial charge in [-0.25, -0.2) is 18.7 Å². The summed E-state index contributed by atoms with van der Waals surface area (Å²) >= 11 is 0. The summed E-state index contributed by atoms with van der Waals surface area (Å²) in [6.07, 6.45) is 8.36. The summed E-state index contributed by atoms with van der Waals surface area (Å²) in [6.45, 7) is 3.25. The molecular formula is C23H22F2N6O. The zero-order valence-electron chi connectivity index (χ0n) is 17.8. The second kappa shape index (κ2) is 7.81. The average Bonchev–Trinajstić information content (AvgIpc) is 3.21. The SMILES string of the molecule is Cn1cc(-c2nc3cnccc3nc2N2CCC(C)(Oc3ccc(F)cc3F)CC2)cn1. The van der Waals surface area contributed by atoms with E-state index in [1.165, 1.54) is 12.1 Å². The van der Waals surface area contributed by atoms with Crippen LogP contribution >= 0.6 is 0 Å². The summed E-state index contributed by atoms with van der Waals surface area (Å²) in [5.41, 5.74) is 2.52. The van der Waals surface area contributed by atoms with E-state index < -0.39 is 17.2 Å². The Morgan fingerprint density at radius 3 is 2.56 bits per heavy atom. The van der Waals surface area contributed by atoms with Crippen LogP contribution < -0.4 is 9.64 Å². The number of aromatic nitrogens is 5. The van der Waals surface area contributed by atoms with Gasteiger partial charge in [0.05, 0.1) is 17.9 Å². The molecule has 5 rings (SSSR count). The Balaban J connectivity index is 1.43. The number of anilines is 1. The molecule has 0 radical (unpaired) electrons. The van der Waals surface area contributed by atoms with Crippen molar-refractivity contribution in [2.75, 3.05) is 18.0 Å². The van der Waals surface area contributed by atoms with Gasteiger partial charge < -0.3 is 9.64 Å². The minimum Gasteiger partial charge on any atom is -0.484 e. The van der Waals surface area contributed by atoms with Crippen LogP contribution in [0.3, 0.4) is 0 Å². The number of piperidine rings is 1. The predicted molar refractivity (Wildman–Crippen MR) is 116 cm³/mol. The van der Waals surface area contributed by atoms with Gasteiger partial charge in [-0.15, -0.1) is 0 Å². The van der Waals surface area contributed by atoms with Crippen molar-refractivity contribution in [3.63, 3.8) is 0 Å². The van der Waals surface area contributed by atoms with Gasteiger partial charge in [0.15, 0.2) is 17.4 Å². The maximum atomic E-state index is 14.1. The lowest BCUT2D eigenvalue weighted by Crippen LogP contribution is -2.46. The van der Waals surface area contributed by atoms with Crippen molar-refractivity contribution in [3.8, 4) is 17.0 Å². The molecule has 4 aromatic rings. The van der Waals surface area contributed by atoms with E-state index in [1.807, 2.05) is 26.2 Å². The largest absolute Gasteiger partial charge is 0.484 e. The molecule has 0 unspecified atom stereocenters. The van der Waals surface area contributed by atoms with Crippen LogP contribution in [0.15, 0.2) is 49.1 Å². The maximum absolute atomic E-state index is 14.1. The monoisotopic (exact) mass is 436 g/mol. The van der Waals surface area contributed by atoms with Gasteiger partial charge in [0.25, 0.3) is 0 Å². The highest BCUT2D eigenvalue weighted by Gasteiger charge is 2.34. The summed E-state index contributed by atoms with van der Waals surface area (Å²) in [5.74, 6) is -0.479. The molecule has 7 nitrogen and oxygen atoms in total. The Labute approximate surface area is 183 Å². The second-order valence-electron chi connectivity index (χ2n) is 8.28. The molecule has 1 fully saturated rings. The van der Waals surface area contributed by atoms with Gasteiger partial charge in [-0.3, -0.25) is 9.67 Å². The Hall–Kier alpha value is -3.62. The fourth-order valence-electron chi connectivity index (χ4n) is 3.97. The maximum Gasteiger partial charge on any atom is 0.168 e. The van der Waals surface area contributed by atoms with Gasteiger partial charge in [0.1, 0.15) is 22.6 Å². The van der Waals surface area contributed by atoms with Gasteiger partial charge >= 0.3 is 0 Å². The predicted octanol–water partition coefficient (Wildman–Crippen LogP) is 4.14. The van der Waals surface area contributed by atoms with Gasteiger partial charge in [-0.2, -0.15) is 5.10 Å². The molecule has 0 N–H and O–H groups in total. The van der Waals surface area contributed by atoms with Gasteiger partial charge in [0.2, 0.25) is 0 Å². The third-order valence-electron chi connectivity index (χ3n) is 5.80. The molecule has 32 heavy (non-hydrogen) atoms. The first kappa shape index (κ1) is 20.3. The molecule has 1 aromatic carbocycles. The van der Waals surface area contributed by atoms with Crippen molar-refractivity contribution in [2.45, 2.75) is 25.4 Å². The van der Waals surface area contributed by atoms with E-state index in [0.29, 0.717) is 31.4 Å². The quantitative estimate of drug-likeness (QED) is 0.479. The van der Waals surface area contributed by atoms with Crippen molar-refractivity contribution in [1.29, 1.82) is 0 Å². The Morgan fingerprint density at radius 2 is 1.84 bits per heavy atom. The Bertz CT molecular complexity index is 1280. The van der Waals surface area contributed by atoms with Crippen molar-refractivity contribution in [1.82, 2.24) is 24.7 Å². The first-order valence-electron chi connectivity index (χ1n) is 10.4. The summed E-state index contributed by atoms with van der Waals surface area (Å²) < 4.78 is 35.0. The molecule has 9 heteroatoms. The van der Waals surface area contributed by atoms with Crippen LogP contribution in [0, 0.1) is 11.6 Å². The van der Waals surface area contributed by atoms with Crippen molar-refractivity contribution < 1.29 is 13.5 Å². The van der Waals surface area contributed by atoms with Crippen LogP contribution in [0.25, 0.3) is 22.3 Å². The fourth-order valence-corrected chi connectivity index (χ4v) is 3.97. The minimum atomic E-state index is -0.693. The van der Waals surface area contributed by atoms with E-state index in [-0.39, 0.29) is 5.75 Å². The van der Waals surface area contributed by atoms with Gasteiger partial charge in [0, 0.05) is 57.0 Å². The number of hydrogen-bond acceptors (Lipinski definition) is 6. The molecule has 3 aromatic heterocycles. The summed E-state index contributed by atoms with van der Waals surface area (Å²) in [7, 11) is 1.86. The number of rotatable bonds is 4. The molecule has 0 bridgehead atoms. The van der Waals surface area contributed by atoms with Crippen LogP contribution in [-0.4, -0.2) is 43.4 Å². The standard InChI is InChI=1S/C23H22F2N6O/c1-23(32-20-4-3-16(24)11-17(20)25)6-9-31(10-7-23)22-21(15-12-27-30(2)14-15)28-19-13-26-8-5-18(19)29-22/h3-5,8,11-14H,6-7,9-10H2,1-2H3. The number of fused-ring (bicyclic) bond motifs is 1. The van der Waals surface area contributed by atoms with Crippen LogP contribution in [0.4, 0.5) is 14.6 Å². The summed E-state index contributed by atoms with van der Waals surface area (Å²) in [5, 5.41) is 4.28. The fraction of sp³-hybridized carbons (Fsp3) is 0.304. The number of benzene rings is 1. The van der Waals surface area contributed by atoms with Crippen molar-refractivity contribution in [2.24, 2.45) is 7.05 Å². The number of halogens is 2. The van der Waals surface area contributed by atoms with E-state index >= 15 is 0 Å². The van der Waals surface area contributed by atoms with E-state index in [4.69, 9.17) is 14.7 Å². The smallest absolute Gasteiger partial charge is 0.168 e. The van der Waals surface area contributed by atoms with Gasteiger partial charge in [-0.05, 0) is 25.1 Å². The molecular weight excluding hydrogens is 414 g/mol. The number of nitrogens with zero attached hydrogens (tertiary/aromatic N) is 6. The number of ether oxygens (including phenoxy) is 1. The van der Waals surface area contributed by atoms with E-state index in [9.17, 15) is 8.78 Å². The number of hydrogen-bond donors (Lipinski definition) is 0. The van der Waals surface area contributed by atoms with Crippen LogP contribution in [0.2, 0.25) is 0 Å². The first-order valence-corrected chi connectivity index (χ1v) is 10.4. The molecule has 1 aliphatic heterocycles. The van der Waals surface area contributed by atoms with Crippen LogP contribution in [0.1, 0.15) is 19.8 Å². The first-order chi connectivity index (χ1) is 15.4. The summed E-state index contributed by atoms with van der Waals surface area (Å²) in [6, 6.07) is 5.23. The molecule has 0 saturated carbocycles. The van der Waals surface area contributed by atoms with Crippen LogP contribution in [-0.2, 0) is 7.05 Å². The topological polar surface area (TPSA) is 69.0 Å². The summed E-state index contributed by atoms with van der Waals surface area (Å²) in [4.78, 5) is 16.0. The van der Waals surface area contributed by atoms with Crippen molar-refractivity contribution >= 4 is 16.9 Å². The average molecular weight is 436 g/mol. The zero-order chi connectivity index (χ0) is 22.3. The molecule has 164 valence electrons. The molecule has 1 saturated heterocycles. The highest BCUT2D eigenvalue weighted by atomic mass is 19.1. The molecule has 0 aliphatic carbocycles. The van der Waals surface area contributed by atoms with E-state index in [0.717, 1.165) is 28.7 Å². The normalized spacial score (nSPS) is 15.8. The van der Waals surface area contributed by atoms with Crippen molar-refractivity contribution in [3.05, 3.63) is 60.7 Å². The number of aryl methyl sites for hydroxylation is 1. The second-order valence-corrected chi connectivity index (χ2v) is 8.28. The molecule has 0 atom stereocenters. The van der Waals surface area contributed by atoms with E-state index in [2.05, 4.69) is 15.0 Å². The highest BCUT2D eigenvalue weighted by molar-refractivity contribution is 5.82. The Kier molecular flexibility index (Phi) is 4.96. The minimum absolute atomic E-state index is 0.0661. The lowest BCUT2D eigenvalue weighted by molar-refractivity contribution is 0.0575. The zero-order valence-corrected chi connectivity index (χ0v) is 17.8. The lowest BCUT2D eigenvalue weighted by Gasteiger charge is -2.40. The Morgan fingerprint density at radius 1 is 1.03 bits per heavy atom. The van der Waals surface area contributed by atoms with Gasteiger partial charge in [-0.1, -0.05) is 0 Å². The number of pyridine rings is 1.